The molecule has 4 aromatic rings. The van der Waals surface area contributed by atoms with E-state index in [4.69, 9.17) is 0 Å². The van der Waals surface area contributed by atoms with Gasteiger partial charge in [-0.25, -0.2) is 4.68 Å². The highest BCUT2D eigenvalue weighted by Gasteiger charge is 2.17. The fraction of sp³-hybridized carbons (Fsp3) is 0.0833. The van der Waals surface area contributed by atoms with E-state index in [2.05, 4.69) is 63.6 Å². The molecule has 0 fully saturated rings. The van der Waals surface area contributed by atoms with E-state index in [0.717, 1.165) is 32.7 Å². The first-order chi connectivity index (χ1) is 14.0. The average Bonchev–Trinajstić information content (AvgIpc) is 3.16. The lowest BCUT2D eigenvalue weighted by Gasteiger charge is -2.08. The predicted molar refractivity (Wildman–Crippen MR) is 121 cm³/mol. The first-order valence-electron chi connectivity index (χ1n) is 9.31. The molecule has 0 spiro atoms. The zero-order valence-corrected chi connectivity index (χ0v) is 17.8. The molecule has 3 aromatic carbocycles. The molecule has 0 saturated heterocycles. The highest BCUT2D eigenvalue weighted by atomic mass is 79.9. The van der Waals surface area contributed by atoms with Crippen LogP contribution in [0.3, 0.4) is 0 Å². The maximum Gasteiger partial charge on any atom is 0.276 e. The number of carbonyl (C=O) groups excluding carboxylic acids is 1. The molecule has 1 amide bonds. The molecular formula is C24H20BrN3O. The van der Waals surface area contributed by atoms with Crippen molar-refractivity contribution in [1.29, 1.82) is 0 Å². The fourth-order valence-electron chi connectivity index (χ4n) is 3.11. The van der Waals surface area contributed by atoms with E-state index in [1.54, 1.807) is 0 Å². The van der Waals surface area contributed by atoms with Crippen LogP contribution >= 0.6 is 15.9 Å². The Morgan fingerprint density at radius 3 is 2.31 bits per heavy atom. The standard InChI is InChI=1S/C24H20BrN3O/c1-16-6-8-18(9-7-16)23-15-22(24(29)26-20-12-10-19(25)11-13-20)27-28(23)21-5-3-4-17(2)14-21/h3-15H,1-2H3,(H,26,29). The van der Waals surface area contributed by atoms with E-state index in [1.165, 1.54) is 5.56 Å². The van der Waals surface area contributed by atoms with Crippen LogP contribution in [0.5, 0.6) is 0 Å². The van der Waals surface area contributed by atoms with Gasteiger partial charge in [0.05, 0.1) is 11.4 Å². The Morgan fingerprint density at radius 2 is 1.62 bits per heavy atom. The van der Waals surface area contributed by atoms with Crippen LogP contribution in [-0.4, -0.2) is 15.7 Å². The molecule has 0 unspecified atom stereocenters. The number of hydrogen-bond donors (Lipinski definition) is 1. The number of carbonyl (C=O) groups is 1. The number of aromatic nitrogens is 2. The zero-order chi connectivity index (χ0) is 20.4. The Kier molecular flexibility index (Phi) is 5.32. The highest BCUT2D eigenvalue weighted by Crippen LogP contribution is 2.25. The third-order valence-electron chi connectivity index (χ3n) is 4.64. The second-order valence-electron chi connectivity index (χ2n) is 6.99. The molecule has 4 rings (SSSR count). The van der Waals surface area contributed by atoms with Crippen molar-refractivity contribution in [3.05, 3.63) is 100 Å². The Balaban J connectivity index is 1.75. The fourth-order valence-corrected chi connectivity index (χ4v) is 3.37. The minimum absolute atomic E-state index is 0.243. The van der Waals surface area contributed by atoms with Gasteiger partial charge in [-0.3, -0.25) is 4.79 Å². The molecule has 0 aliphatic rings. The van der Waals surface area contributed by atoms with E-state index in [9.17, 15) is 4.79 Å². The Morgan fingerprint density at radius 1 is 0.897 bits per heavy atom. The second kappa shape index (κ2) is 8.05. The lowest BCUT2D eigenvalue weighted by atomic mass is 10.1. The molecule has 0 atom stereocenters. The SMILES string of the molecule is Cc1ccc(-c2cc(C(=O)Nc3ccc(Br)cc3)nn2-c2cccc(C)c2)cc1. The van der Waals surface area contributed by atoms with Gasteiger partial charge in [-0.15, -0.1) is 0 Å². The Bertz CT molecular complexity index is 1160. The molecule has 29 heavy (non-hydrogen) atoms. The molecule has 1 aromatic heterocycles. The molecule has 0 bridgehead atoms. The van der Waals surface area contributed by atoms with Gasteiger partial charge in [-0.2, -0.15) is 5.10 Å². The topological polar surface area (TPSA) is 46.9 Å². The number of hydrogen-bond acceptors (Lipinski definition) is 2. The van der Waals surface area contributed by atoms with Crippen molar-refractivity contribution in [2.45, 2.75) is 13.8 Å². The smallest absolute Gasteiger partial charge is 0.276 e. The highest BCUT2D eigenvalue weighted by molar-refractivity contribution is 9.10. The maximum atomic E-state index is 12.8. The van der Waals surface area contributed by atoms with Gasteiger partial charge in [0.15, 0.2) is 5.69 Å². The Labute approximate surface area is 178 Å². The summed E-state index contributed by atoms with van der Waals surface area (Å²) in [6.07, 6.45) is 0. The molecule has 0 aliphatic carbocycles. The summed E-state index contributed by atoms with van der Waals surface area (Å²) >= 11 is 3.40. The first kappa shape index (κ1) is 19.2. The summed E-state index contributed by atoms with van der Waals surface area (Å²) in [7, 11) is 0. The number of benzene rings is 3. The van der Waals surface area contributed by atoms with Crippen molar-refractivity contribution in [2.75, 3.05) is 5.32 Å². The number of nitrogens with one attached hydrogen (secondary N) is 1. The van der Waals surface area contributed by atoms with E-state index in [1.807, 2.05) is 60.1 Å². The number of nitrogens with zero attached hydrogens (tertiary/aromatic N) is 2. The molecular weight excluding hydrogens is 426 g/mol. The average molecular weight is 446 g/mol. The van der Waals surface area contributed by atoms with Gasteiger partial charge in [0.2, 0.25) is 0 Å². The summed E-state index contributed by atoms with van der Waals surface area (Å²) in [6.45, 7) is 4.10. The van der Waals surface area contributed by atoms with Gasteiger partial charge in [0, 0.05) is 15.7 Å². The number of aryl methyl sites for hydroxylation is 2. The minimum Gasteiger partial charge on any atom is -0.321 e. The molecule has 144 valence electrons. The van der Waals surface area contributed by atoms with Crippen LogP contribution in [0.4, 0.5) is 5.69 Å². The Hall–Kier alpha value is -3.18. The van der Waals surface area contributed by atoms with Crippen molar-refractivity contribution in [2.24, 2.45) is 0 Å². The van der Waals surface area contributed by atoms with Crippen molar-refractivity contribution in [1.82, 2.24) is 9.78 Å². The van der Waals surface area contributed by atoms with Gasteiger partial charge in [0.1, 0.15) is 0 Å². The summed E-state index contributed by atoms with van der Waals surface area (Å²) in [6, 6.07) is 25.6. The van der Waals surface area contributed by atoms with E-state index in [0.29, 0.717) is 5.69 Å². The molecule has 0 aliphatic heterocycles. The van der Waals surface area contributed by atoms with Crippen LogP contribution in [0.25, 0.3) is 16.9 Å². The second-order valence-corrected chi connectivity index (χ2v) is 7.91. The molecule has 0 saturated carbocycles. The summed E-state index contributed by atoms with van der Waals surface area (Å²) < 4.78 is 2.79. The van der Waals surface area contributed by atoms with Gasteiger partial charge in [-0.1, -0.05) is 57.9 Å². The first-order valence-corrected chi connectivity index (χ1v) is 10.1. The number of anilines is 1. The molecule has 1 heterocycles. The van der Waals surface area contributed by atoms with Crippen LogP contribution in [0.1, 0.15) is 21.6 Å². The lowest BCUT2D eigenvalue weighted by molar-refractivity contribution is 0.102. The summed E-state index contributed by atoms with van der Waals surface area (Å²) in [5.41, 5.74) is 6.20. The number of halogens is 1. The zero-order valence-electron chi connectivity index (χ0n) is 16.2. The summed E-state index contributed by atoms with van der Waals surface area (Å²) in [5.74, 6) is -0.243. The summed E-state index contributed by atoms with van der Waals surface area (Å²) in [4.78, 5) is 12.8. The third-order valence-corrected chi connectivity index (χ3v) is 5.17. The maximum absolute atomic E-state index is 12.8. The molecule has 5 heteroatoms. The van der Waals surface area contributed by atoms with Gasteiger partial charge in [0.25, 0.3) is 5.91 Å². The van der Waals surface area contributed by atoms with E-state index >= 15 is 0 Å². The van der Waals surface area contributed by atoms with Crippen molar-refractivity contribution < 1.29 is 4.79 Å². The van der Waals surface area contributed by atoms with Crippen molar-refractivity contribution in [3.8, 4) is 16.9 Å². The van der Waals surface area contributed by atoms with E-state index in [-0.39, 0.29) is 5.91 Å². The van der Waals surface area contributed by atoms with Crippen LogP contribution in [0.15, 0.2) is 83.3 Å². The van der Waals surface area contributed by atoms with Gasteiger partial charge >= 0.3 is 0 Å². The molecule has 1 N–H and O–H groups in total. The van der Waals surface area contributed by atoms with Gasteiger partial charge < -0.3 is 5.32 Å². The monoisotopic (exact) mass is 445 g/mol. The van der Waals surface area contributed by atoms with Gasteiger partial charge in [-0.05, 0) is 61.9 Å². The number of rotatable bonds is 4. The lowest BCUT2D eigenvalue weighted by Crippen LogP contribution is -2.13. The normalized spacial score (nSPS) is 10.7. The van der Waals surface area contributed by atoms with Crippen LogP contribution in [0.2, 0.25) is 0 Å². The van der Waals surface area contributed by atoms with Crippen molar-refractivity contribution >= 4 is 27.5 Å². The van der Waals surface area contributed by atoms with Crippen LogP contribution in [0, 0.1) is 13.8 Å². The van der Waals surface area contributed by atoms with Crippen molar-refractivity contribution in [3.63, 3.8) is 0 Å². The predicted octanol–water partition coefficient (Wildman–Crippen LogP) is 6.17. The molecule has 4 nitrogen and oxygen atoms in total. The van der Waals surface area contributed by atoms with Crippen LogP contribution in [-0.2, 0) is 0 Å². The quantitative estimate of drug-likeness (QED) is 0.408. The third kappa shape index (κ3) is 4.30. The summed E-state index contributed by atoms with van der Waals surface area (Å²) in [5, 5.41) is 7.54. The van der Waals surface area contributed by atoms with E-state index < -0.39 is 0 Å². The molecule has 0 radical (unpaired) electrons. The minimum atomic E-state index is -0.243. The largest absolute Gasteiger partial charge is 0.321 e. The van der Waals surface area contributed by atoms with Crippen LogP contribution < -0.4 is 5.32 Å². The number of amides is 1.